The Morgan fingerprint density at radius 3 is 2.36 bits per heavy atom. The summed E-state index contributed by atoms with van der Waals surface area (Å²) in [4.78, 5) is 9.91. The average molecular weight is 165 g/mol. The number of alkyl halides is 3. The maximum atomic E-state index is 11.8. The van der Waals surface area contributed by atoms with Crippen molar-refractivity contribution >= 4 is 6.29 Å². The monoisotopic (exact) mass is 165 g/mol. The van der Waals surface area contributed by atoms with Gasteiger partial charge in [0, 0.05) is 0 Å². The Balaban J connectivity index is 3.12. The van der Waals surface area contributed by atoms with Crippen LogP contribution >= 0.6 is 0 Å². The van der Waals surface area contributed by atoms with Crippen LogP contribution in [0.2, 0.25) is 0 Å². The quantitative estimate of drug-likeness (QED) is 0.621. The Morgan fingerprint density at radius 1 is 1.36 bits per heavy atom. The number of halogens is 3. The lowest BCUT2D eigenvalue weighted by Gasteiger charge is -1.99. The molecule has 11 heavy (non-hydrogen) atoms. The molecule has 0 aliphatic carbocycles. The van der Waals surface area contributed by atoms with Crippen molar-refractivity contribution in [2.24, 2.45) is 0 Å². The van der Waals surface area contributed by atoms with Gasteiger partial charge in [0.25, 0.3) is 0 Å². The number of carbonyl (C=O) groups excluding carboxylic acids is 1. The Hall–Kier alpha value is -1.40. The first-order valence-corrected chi connectivity index (χ1v) is 2.49. The first kappa shape index (κ1) is 7.70. The molecule has 0 bridgehead atoms. The van der Waals surface area contributed by atoms with E-state index in [9.17, 15) is 18.0 Å². The Labute approximate surface area is 58.4 Å². The second-order valence-electron chi connectivity index (χ2n) is 1.67. The number of hydrogen-bond donors (Lipinski definition) is 1. The zero-order chi connectivity index (χ0) is 8.48. The maximum absolute atomic E-state index is 11.8. The highest BCUT2D eigenvalue weighted by molar-refractivity contribution is 5.73. The van der Waals surface area contributed by atoms with Crippen molar-refractivity contribution in [3.05, 3.63) is 11.4 Å². The third-order valence-electron chi connectivity index (χ3n) is 0.955. The average Bonchev–Trinajstić information content (AvgIpc) is 2.31. The molecule has 0 fully saturated rings. The van der Waals surface area contributed by atoms with Crippen LogP contribution in [0.25, 0.3) is 0 Å². The lowest BCUT2D eigenvalue weighted by Crippen LogP contribution is -2.08. The summed E-state index contributed by atoms with van der Waals surface area (Å²) in [6, 6.07) is 0. The minimum atomic E-state index is -4.62. The topological polar surface area (TPSA) is 58.6 Å². The molecular weight excluding hydrogens is 163 g/mol. The van der Waals surface area contributed by atoms with Gasteiger partial charge in [-0.3, -0.25) is 4.79 Å². The van der Waals surface area contributed by atoms with Crippen LogP contribution in [0.4, 0.5) is 13.2 Å². The zero-order valence-corrected chi connectivity index (χ0v) is 5.01. The van der Waals surface area contributed by atoms with Gasteiger partial charge < -0.3 is 0 Å². The fourth-order valence-corrected chi connectivity index (χ4v) is 0.530. The molecular formula is C4H2F3N3O. The molecule has 0 aromatic carbocycles. The summed E-state index contributed by atoms with van der Waals surface area (Å²) in [5.41, 5.74) is -2.01. The molecule has 0 spiro atoms. The second-order valence-corrected chi connectivity index (χ2v) is 1.67. The molecule has 0 saturated carbocycles. The van der Waals surface area contributed by atoms with E-state index in [4.69, 9.17) is 0 Å². The number of nitrogens with one attached hydrogen (secondary N) is 1. The van der Waals surface area contributed by atoms with Crippen molar-refractivity contribution in [1.29, 1.82) is 0 Å². The number of hydrogen-bond acceptors (Lipinski definition) is 3. The lowest BCUT2D eigenvalue weighted by molar-refractivity contribution is -0.141. The summed E-state index contributed by atoms with van der Waals surface area (Å²) >= 11 is 0. The standard InChI is InChI=1S/C4H2F3N3O/c5-4(6,7)3-2(1-11)8-10-9-3/h1H,(H,8,9,10). The molecule has 1 N–H and O–H groups in total. The third kappa shape index (κ3) is 1.36. The fraction of sp³-hybridized carbons (Fsp3) is 0.250. The smallest absolute Gasteiger partial charge is 0.296 e. The number of nitrogens with zero attached hydrogens (tertiary/aromatic N) is 2. The van der Waals surface area contributed by atoms with E-state index >= 15 is 0 Å². The van der Waals surface area contributed by atoms with Crippen LogP contribution in [0, 0.1) is 0 Å². The number of rotatable bonds is 1. The SMILES string of the molecule is O=Cc1n[nH]nc1C(F)(F)F. The molecule has 1 aromatic rings. The van der Waals surface area contributed by atoms with Crippen molar-refractivity contribution in [3.63, 3.8) is 0 Å². The van der Waals surface area contributed by atoms with Crippen LogP contribution in [0.5, 0.6) is 0 Å². The normalized spacial score (nSPS) is 11.5. The maximum Gasteiger partial charge on any atom is 0.437 e. The minimum Gasteiger partial charge on any atom is -0.296 e. The predicted octanol–water partition coefficient (Wildman–Crippen LogP) is 0.636. The Kier molecular flexibility index (Phi) is 1.63. The Bertz CT molecular complexity index is 266. The van der Waals surface area contributed by atoms with E-state index < -0.39 is 17.6 Å². The summed E-state index contributed by atoms with van der Waals surface area (Å²) in [6.07, 6.45) is -4.63. The molecule has 60 valence electrons. The molecule has 0 unspecified atom stereocenters. The van der Waals surface area contributed by atoms with Crippen LogP contribution in [-0.2, 0) is 6.18 Å². The molecule has 1 heterocycles. The second kappa shape index (κ2) is 2.33. The van der Waals surface area contributed by atoms with Gasteiger partial charge in [-0.1, -0.05) is 0 Å². The molecule has 0 atom stereocenters. The summed E-state index contributed by atoms with van der Waals surface area (Å²) in [7, 11) is 0. The van der Waals surface area contributed by atoms with Gasteiger partial charge in [0.05, 0.1) is 0 Å². The van der Waals surface area contributed by atoms with Crippen LogP contribution in [0.3, 0.4) is 0 Å². The molecule has 1 aromatic heterocycles. The van der Waals surface area contributed by atoms with E-state index in [1.165, 1.54) is 0 Å². The fourth-order valence-electron chi connectivity index (χ4n) is 0.530. The third-order valence-corrected chi connectivity index (χ3v) is 0.955. The largest absolute Gasteiger partial charge is 0.437 e. The van der Waals surface area contributed by atoms with Crippen LogP contribution < -0.4 is 0 Å². The van der Waals surface area contributed by atoms with Gasteiger partial charge in [0.15, 0.2) is 17.7 Å². The van der Waals surface area contributed by atoms with E-state index in [1.807, 2.05) is 0 Å². The van der Waals surface area contributed by atoms with E-state index in [0.29, 0.717) is 0 Å². The molecule has 0 aliphatic rings. The number of aldehydes is 1. The molecule has 0 radical (unpaired) electrons. The number of aromatic amines is 1. The van der Waals surface area contributed by atoms with Gasteiger partial charge >= 0.3 is 6.18 Å². The molecule has 0 saturated heterocycles. The van der Waals surface area contributed by atoms with Gasteiger partial charge in [-0.2, -0.15) is 28.6 Å². The molecule has 1 rings (SSSR count). The summed E-state index contributed by atoms with van der Waals surface area (Å²) < 4.78 is 35.4. The van der Waals surface area contributed by atoms with Gasteiger partial charge in [0.2, 0.25) is 0 Å². The van der Waals surface area contributed by atoms with Crippen molar-refractivity contribution in [1.82, 2.24) is 15.4 Å². The van der Waals surface area contributed by atoms with Gasteiger partial charge in [-0.15, -0.1) is 0 Å². The summed E-state index contributed by atoms with van der Waals surface area (Å²) in [5.74, 6) is 0. The lowest BCUT2D eigenvalue weighted by atomic mass is 10.3. The molecule has 0 amide bonds. The van der Waals surface area contributed by atoms with Crippen LogP contribution in [-0.4, -0.2) is 21.7 Å². The highest BCUT2D eigenvalue weighted by Gasteiger charge is 2.37. The number of aromatic nitrogens is 3. The van der Waals surface area contributed by atoms with E-state index in [2.05, 4.69) is 10.2 Å². The first-order valence-electron chi connectivity index (χ1n) is 2.49. The van der Waals surface area contributed by atoms with Gasteiger partial charge in [0.1, 0.15) is 0 Å². The van der Waals surface area contributed by atoms with Gasteiger partial charge in [-0.25, -0.2) is 0 Å². The van der Waals surface area contributed by atoms with E-state index in [-0.39, 0.29) is 6.29 Å². The van der Waals surface area contributed by atoms with Crippen molar-refractivity contribution < 1.29 is 18.0 Å². The van der Waals surface area contributed by atoms with E-state index in [1.54, 1.807) is 5.21 Å². The van der Waals surface area contributed by atoms with Crippen molar-refractivity contribution in [2.45, 2.75) is 6.18 Å². The highest BCUT2D eigenvalue weighted by atomic mass is 19.4. The van der Waals surface area contributed by atoms with Gasteiger partial charge in [-0.05, 0) is 0 Å². The van der Waals surface area contributed by atoms with Crippen molar-refractivity contribution in [3.8, 4) is 0 Å². The minimum absolute atomic E-state index is 0.00762. The number of carbonyl (C=O) groups is 1. The number of H-pyrrole nitrogens is 1. The highest BCUT2D eigenvalue weighted by Crippen LogP contribution is 2.28. The molecule has 0 aliphatic heterocycles. The zero-order valence-electron chi connectivity index (χ0n) is 5.01. The predicted molar refractivity (Wildman–Crippen MR) is 26.8 cm³/mol. The van der Waals surface area contributed by atoms with Crippen LogP contribution in [0.15, 0.2) is 0 Å². The Morgan fingerprint density at radius 2 is 2.00 bits per heavy atom. The summed E-state index contributed by atoms with van der Waals surface area (Å²) in [5, 5.41) is 7.45. The van der Waals surface area contributed by atoms with E-state index in [0.717, 1.165) is 0 Å². The van der Waals surface area contributed by atoms with Crippen molar-refractivity contribution in [2.75, 3.05) is 0 Å². The summed E-state index contributed by atoms with van der Waals surface area (Å²) in [6.45, 7) is 0. The first-order chi connectivity index (χ1) is 5.05. The van der Waals surface area contributed by atoms with Crippen LogP contribution in [0.1, 0.15) is 16.2 Å². The molecule has 4 nitrogen and oxygen atoms in total. The molecule has 7 heteroatoms.